The number of allylic oxidation sites excluding steroid dienone is 3. The molecule has 49 heavy (non-hydrogen) atoms. The molecule has 3 aromatic carbocycles. The fourth-order valence-electron chi connectivity index (χ4n) is 8.28. The van der Waals surface area contributed by atoms with Gasteiger partial charge in [0.05, 0.1) is 43.1 Å². The summed E-state index contributed by atoms with van der Waals surface area (Å²) in [7, 11) is 4.31. The van der Waals surface area contributed by atoms with Gasteiger partial charge in [-0.2, -0.15) is 5.01 Å². The van der Waals surface area contributed by atoms with Gasteiger partial charge in [-0.1, -0.05) is 47.5 Å². The van der Waals surface area contributed by atoms with Crippen LogP contribution in [-0.2, 0) is 24.6 Å². The number of nitrogens with zero attached hydrogens (tertiary/aromatic N) is 2. The van der Waals surface area contributed by atoms with E-state index >= 15 is 4.79 Å². The summed E-state index contributed by atoms with van der Waals surface area (Å²) in [6, 6.07) is 15.3. The van der Waals surface area contributed by atoms with E-state index in [1.165, 1.54) is 45.5 Å². The van der Waals surface area contributed by atoms with E-state index in [1.807, 2.05) is 12.2 Å². The standard InChI is InChI=1S/C37H33ClFN3O7/c1-41-33(44)25-14-13-24-26(31(25)35(41)46)18-28-34(45)42(40-23-11-9-22(39)10-12-23)36(47)37(28,20-5-7-21(38)8-6-20)27(24)15-4-19-16-29(48-2)32(43)30(17-19)49-3/h4-13,15-17,25-28,31,40,43H,14,18H2,1-3H3. The van der Waals surface area contributed by atoms with E-state index in [-0.39, 0.29) is 35.5 Å². The van der Waals surface area contributed by atoms with Crippen molar-refractivity contribution < 1.29 is 38.1 Å². The highest BCUT2D eigenvalue weighted by atomic mass is 35.5. The van der Waals surface area contributed by atoms with Crippen LogP contribution in [0.5, 0.6) is 17.2 Å². The lowest BCUT2D eigenvalue weighted by Gasteiger charge is -2.49. The number of carbonyl (C=O) groups is 4. The first-order valence-corrected chi connectivity index (χ1v) is 16.2. The predicted molar refractivity (Wildman–Crippen MR) is 178 cm³/mol. The second-order valence-electron chi connectivity index (χ2n) is 12.8. The molecule has 6 atom stereocenters. The number of phenolic OH excluding ortho intramolecular Hbond substituents is 1. The number of likely N-dealkylation sites (tertiary alicyclic amines) is 1. The normalized spacial score (nSPS) is 27.6. The molecule has 4 amide bonds. The molecule has 3 aromatic rings. The van der Waals surface area contributed by atoms with E-state index in [0.717, 1.165) is 15.5 Å². The molecular weight excluding hydrogens is 653 g/mol. The summed E-state index contributed by atoms with van der Waals surface area (Å²) in [4.78, 5) is 57.5. The zero-order valence-electron chi connectivity index (χ0n) is 26.9. The van der Waals surface area contributed by atoms with E-state index < -0.39 is 52.6 Å². The van der Waals surface area contributed by atoms with Gasteiger partial charge in [0.1, 0.15) is 5.82 Å². The Morgan fingerprint density at radius 1 is 0.939 bits per heavy atom. The number of aromatic hydroxyl groups is 1. The number of amides is 4. The van der Waals surface area contributed by atoms with Crippen molar-refractivity contribution in [1.29, 1.82) is 0 Å². The molecule has 2 aliphatic carbocycles. The number of imide groups is 2. The van der Waals surface area contributed by atoms with E-state index in [2.05, 4.69) is 5.43 Å². The van der Waals surface area contributed by atoms with Crippen LogP contribution in [0.4, 0.5) is 10.1 Å². The van der Waals surface area contributed by atoms with Crippen LogP contribution < -0.4 is 14.9 Å². The Hall–Kier alpha value is -5.16. The molecule has 1 saturated carbocycles. The summed E-state index contributed by atoms with van der Waals surface area (Å²) < 4.78 is 24.5. The van der Waals surface area contributed by atoms with E-state index in [1.54, 1.807) is 42.5 Å². The Labute approximate surface area is 286 Å². The van der Waals surface area contributed by atoms with Crippen molar-refractivity contribution in [3.05, 3.63) is 100 Å². The summed E-state index contributed by atoms with van der Waals surface area (Å²) in [6.45, 7) is 0. The van der Waals surface area contributed by atoms with Crippen LogP contribution in [0.25, 0.3) is 6.08 Å². The minimum Gasteiger partial charge on any atom is -0.502 e. The number of hydrogen-bond donors (Lipinski definition) is 2. The van der Waals surface area contributed by atoms with Crippen molar-refractivity contribution >= 4 is 47.0 Å². The molecule has 0 aromatic heterocycles. The van der Waals surface area contributed by atoms with Crippen LogP contribution in [0.15, 0.2) is 78.4 Å². The summed E-state index contributed by atoms with van der Waals surface area (Å²) in [6.07, 6.45) is 5.99. The van der Waals surface area contributed by atoms with Gasteiger partial charge in [-0.15, -0.1) is 0 Å². The second kappa shape index (κ2) is 12.1. The first-order chi connectivity index (χ1) is 23.5. The monoisotopic (exact) mass is 685 g/mol. The van der Waals surface area contributed by atoms with Crippen molar-refractivity contribution in [2.24, 2.45) is 29.6 Å². The number of halogens is 2. The molecule has 0 bridgehead atoms. The number of phenols is 1. The summed E-state index contributed by atoms with van der Waals surface area (Å²) in [5, 5.41) is 12.0. The minimum absolute atomic E-state index is 0.139. The Morgan fingerprint density at radius 2 is 1.59 bits per heavy atom. The topological polar surface area (TPSA) is 125 Å². The van der Waals surface area contributed by atoms with Gasteiger partial charge in [-0.3, -0.25) is 29.5 Å². The van der Waals surface area contributed by atoms with E-state index in [0.29, 0.717) is 28.3 Å². The predicted octanol–water partition coefficient (Wildman–Crippen LogP) is 5.36. The quantitative estimate of drug-likeness (QED) is 0.252. The molecule has 7 rings (SSSR count). The largest absolute Gasteiger partial charge is 0.502 e. The molecule has 0 spiro atoms. The second-order valence-corrected chi connectivity index (χ2v) is 13.2. The van der Waals surface area contributed by atoms with Gasteiger partial charge in [0, 0.05) is 18.0 Å². The summed E-state index contributed by atoms with van der Waals surface area (Å²) in [5.74, 6) is -5.40. The van der Waals surface area contributed by atoms with Gasteiger partial charge in [0.25, 0.3) is 11.8 Å². The lowest BCUT2D eigenvalue weighted by atomic mass is 9.50. The molecule has 6 unspecified atom stereocenters. The van der Waals surface area contributed by atoms with Gasteiger partial charge in [0.2, 0.25) is 17.6 Å². The highest BCUT2D eigenvalue weighted by Gasteiger charge is 2.69. The van der Waals surface area contributed by atoms with Crippen LogP contribution in [0.3, 0.4) is 0 Å². The zero-order valence-corrected chi connectivity index (χ0v) is 27.6. The number of anilines is 1. The maximum Gasteiger partial charge on any atom is 0.260 e. The number of fused-ring (bicyclic) bond motifs is 4. The van der Waals surface area contributed by atoms with Gasteiger partial charge in [-0.25, -0.2) is 4.39 Å². The van der Waals surface area contributed by atoms with Crippen LogP contribution >= 0.6 is 11.6 Å². The maximum atomic E-state index is 15.0. The molecule has 12 heteroatoms. The van der Waals surface area contributed by atoms with Gasteiger partial charge in [-0.05, 0) is 78.4 Å². The third-order valence-corrected chi connectivity index (χ3v) is 10.8. The van der Waals surface area contributed by atoms with Gasteiger partial charge >= 0.3 is 0 Å². The first kappa shape index (κ1) is 32.4. The lowest BCUT2D eigenvalue weighted by Crippen LogP contribution is -2.54. The Bertz CT molecular complexity index is 1920. The number of hydrazine groups is 1. The zero-order chi connectivity index (χ0) is 34.8. The number of methoxy groups -OCH3 is 2. The number of nitrogens with one attached hydrogen (secondary N) is 1. The van der Waals surface area contributed by atoms with Crippen molar-refractivity contribution in [3.63, 3.8) is 0 Å². The van der Waals surface area contributed by atoms with E-state index in [9.17, 15) is 23.9 Å². The van der Waals surface area contributed by atoms with Crippen molar-refractivity contribution in [2.75, 3.05) is 26.7 Å². The summed E-state index contributed by atoms with van der Waals surface area (Å²) >= 11 is 6.32. The Balaban J connectivity index is 1.44. The van der Waals surface area contributed by atoms with Crippen LogP contribution in [0.2, 0.25) is 5.02 Å². The molecule has 252 valence electrons. The van der Waals surface area contributed by atoms with Crippen molar-refractivity contribution in [3.8, 4) is 17.2 Å². The van der Waals surface area contributed by atoms with E-state index in [4.69, 9.17) is 21.1 Å². The molecule has 2 heterocycles. The number of benzene rings is 3. The third-order valence-electron chi connectivity index (χ3n) is 10.5. The highest BCUT2D eigenvalue weighted by Crippen LogP contribution is 2.61. The number of rotatable bonds is 7. The molecule has 0 radical (unpaired) electrons. The molecule has 3 fully saturated rings. The molecule has 2 aliphatic heterocycles. The molecule has 2 N–H and O–H groups in total. The fourth-order valence-corrected chi connectivity index (χ4v) is 8.40. The highest BCUT2D eigenvalue weighted by molar-refractivity contribution is 6.30. The third kappa shape index (κ3) is 4.89. The Kier molecular flexibility index (Phi) is 7.98. The van der Waals surface area contributed by atoms with Gasteiger partial charge < -0.3 is 14.6 Å². The first-order valence-electron chi connectivity index (χ1n) is 15.8. The van der Waals surface area contributed by atoms with Crippen molar-refractivity contribution in [2.45, 2.75) is 18.3 Å². The smallest absolute Gasteiger partial charge is 0.260 e. The number of ether oxygens (including phenoxy) is 2. The fraction of sp³-hybridized carbons (Fsp3) is 0.297. The SMILES string of the molecule is COc1cc(C=CC2C3=CCC4C(=O)N(C)C(=O)C4C3CC3C(=O)N(Nc4ccc(F)cc4)C(=O)C23c2ccc(Cl)cc2)cc(OC)c1O. The number of carbonyl (C=O) groups excluding carboxylic acids is 4. The van der Waals surface area contributed by atoms with Crippen LogP contribution in [-0.4, -0.2) is 59.9 Å². The minimum atomic E-state index is -1.50. The molecule has 4 aliphatic rings. The average Bonchev–Trinajstić information content (AvgIpc) is 3.45. The van der Waals surface area contributed by atoms with Crippen molar-refractivity contribution in [1.82, 2.24) is 9.91 Å². The average molecular weight is 686 g/mol. The molecular formula is C37H33ClFN3O7. The lowest BCUT2D eigenvalue weighted by molar-refractivity contribution is -0.140. The molecule has 2 saturated heterocycles. The maximum absolute atomic E-state index is 15.0. The Morgan fingerprint density at radius 3 is 2.22 bits per heavy atom. The van der Waals surface area contributed by atoms with Crippen LogP contribution in [0.1, 0.15) is 24.0 Å². The molecule has 10 nitrogen and oxygen atoms in total. The van der Waals surface area contributed by atoms with Gasteiger partial charge in [0.15, 0.2) is 11.5 Å². The summed E-state index contributed by atoms with van der Waals surface area (Å²) in [5.41, 5.74) is 3.66. The number of hydrogen-bond acceptors (Lipinski definition) is 8. The van der Waals surface area contributed by atoms with Crippen LogP contribution in [0, 0.1) is 35.4 Å².